The molecule has 2 N–H and O–H groups in total. The third-order valence-electron chi connectivity index (χ3n) is 11.9. The summed E-state index contributed by atoms with van der Waals surface area (Å²) in [5.74, 6) is 0. The van der Waals surface area contributed by atoms with Crippen LogP contribution in [-0.2, 0) is 0 Å². The van der Waals surface area contributed by atoms with Gasteiger partial charge in [-0.3, -0.25) is 0 Å². The number of hydrogen-bond donors (Lipinski definition) is 2. The lowest BCUT2D eigenvalue weighted by Crippen LogP contribution is -1.80. The van der Waals surface area contributed by atoms with E-state index in [1.807, 2.05) is 219 Å². The van der Waals surface area contributed by atoms with Gasteiger partial charge < -0.3 is 9.97 Å². The van der Waals surface area contributed by atoms with Gasteiger partial charge in [-0.25, -0.2) is 49.8 Å². The summed E-state index contributed by atoms with van der Waals surface area (Å²) >= 11 is 0. The van der Waals surface area contributed by atoms with Crippen LogP contribution in [0.3, 0.4) is 0 Å². The molecule has 24 bridgehead atoms. The molecule has 12 nitrogen and oxygen atoms in total. The molecule has 0 fully saturated rings. The molecule has 13 rings (SSSR count). The van der Waals surface area contributed by atoms with Gasteiger partial charge in [0.25, 0.3) is 0 Å². The highest BCUT2D eigenvalue weighted by Crippen LogP contribution is 2.23. The monoisotopic (exact) mass is 926 g/mol. The molecule has 0 spiro atoms. The average molecular weight is 927 g/mol. The van der Waals surface area contributed by atoms with E-state index in [9.17, 15) is 0 Å². The molecule has 338 valence electrons. The summed E-state index contributed by atoms with van der Waals surface area (Å²) in [6.45, 7) is 0. The van der Waals surface area contributed by atoms with E-state index in [2.05, 4.69) is 9.97 Å². The fraction of sp³-hybridized carbons (Fsp3) is 0. The van der Waals surface area contributed by atoms with Gasteiger partial charge in [-0.15, -0.1) is 0 Å². The summed E-state index contributed by atoms with van der Waals surface area (Å²) in [6, 6.07) is 32.0. The van der Waals surface area contributed by atoms with Crippen molar-refractivity contribution in [3.63, 3.8) is 0 Å². The first-order chi connectivity index (χ1) is 35.4. The second-order valence-electron chi connectivity index (χ2n) is 17.4. The third-order valence-corrected chi connectivity index (χ3v) is 11.9. The number of aromatic nitrogens is 12. The van der Waals surface area contributed by atoms with Gasteiger partial charge in [0.05, 0.1) is 114 Å². The predicted octanol–water partition coefficient (Wildman–Crippen LogP) is 12.7. The van der Waals surface area contributed by atoms with Crippen molar-refractivity contribution in [2.24, 2.45) is 0 Å². The Labute approximate surface area is 412 Å². The average Bonchev–Trinajstić information content (AvgIpc) is 4.18. The second-order valence-corrected chi connectivity index (χ2v) is 17.4. The lowest BCUT2D eigenvalue weighted by molar-refractivity contribution is 1.24. The van der Waals surface area contributed by atoms with Gasteiger partial charge in [-0.1, -0.05) is 0 Å². The Morgan fingerprint density at radius 1 is 0.153 bits per heavy atom. The smallest absolute Gasteiger partial charge is 0.0659 e. The summed E-state index contributed by atoms with van der Waals surface area (Å²) < 4.78 is 0. The fourth-order valence-corrected chi connectivity index (χ4v) is 8.60. The molecular weight excluding hydrogens is 889 g/mol. The van der Waals surface area contributed by atoms with Crippen LogP contribution in [0.4, 0.5) is 0 Å². The van der Waals surface area contributed by atoms with Crippen LogP contribution in [-0.4, -0.2) is 59.8 Å². The molecule has 10 aliphatic heterocycles. The molecule has 3 aromatic rings. The maximum absolute atomic E-state index is 4.83. The van der Waals surface area contributed by atoms with E-state index in [0.29, 0.717) is 0 Å². The molecule has 0 aromatic carbocycles. The summed E-state index contributed by atoms with van der Waals surface area (Å²) in [5, 5.41) is 0. The van der Waals surface area contributed by atoms with Gasteiger partial charge in [0.15, 0.2) is 0 Å². The molecular formula is C60H38N12. The molecule has 12 heteroatoms. The van der Waals surface area contributed by atoms with Crippen LogP contribution in [0.2, 0.25) is 0 Å². The molecule has 10 aliphatic rings. The van der Waals surface area contributed by atoms with Gasteiger partial charge in [0, 0.05) is 22.1 Å². The van der Waals surface area contributed by atoms with Crippen molar-refractivity contribution >= 4 is 144 Å². The fourth-order valence-electron chi connectivity index (χ4n) is 8.60. The quantitative estimate of drug-likeness (QED) is 0.150. The van der Waals surface area contributed by atoms with Crippen LogP contribution in [0.25, 0.3) is 144 Å². The standard InChI is InChI=1S/C60H38N12/c1-2-38-26-40-5-6-42(63-40)28-44-9-10-46(65-44)30-48-13-14-50(67-48)32-52-17-18-54(69-52)34-56-21-22-58(71-56)36-60-24-23-59(72-60)35-57-20-19-55(70-57)33-53-16-15-51(68-53)31-49-12-11-47(66-49)29-45-8-7-43(64-45)27-41-4-3-39(62-41)25-37(1)61-38/h1-36,61,64H. The Kier molecular flexibility index (Phi) is 10.5. The van der Waals surface area contributed by atoms with Crippen LogP contribution in [0.1, 0.15) is 114 Å². The number of H-pyrrole nitrogens is 2. The van der Waals surface area contributed by atoms with Crippen molar-refractivity contribution in [1.82, 2.24) is 59.8 Å². The third kappa shape index (κ3) is 9.73. The predicted molar refractivity (Wildman–Crippen MR) is 294 cm³/mol. The molecule has 0 atom stereocenters. The topological polar surface area (TPSA) is 160 Å². The number of nitrogens with one attached hydrogen (secondary N) is 2. The van der Waals surface area contributed by atoms with Gasteiger partial charge in [-0.2, -0.15) is 0 Å². The molecule has 13 heterocycles. The molecule has 0 unspecified atom stereocenters. The zero-order valence-corrected chi connectivity index (χ0v) is 38.3. The lowest BCUT2D eigenvalue weighted by Gasteiger charge is -1.86. The zero-order chi connectivity index (χ0) is 47.8. The Morgan fingerprint density at radius 2 is 0.264 bits per heavy atom. The van der Waals surface area contributed by atoms with Crippen LogP contribution in [0.5, 0.6) is 0 Å². The number of fused-ring (bicyclic) bond motifs is 24. The van der Waals surface area contributed by atoms with Crippen LogP contribution >= 0.6 is 0 Å². The van der Waals surface area contributed by atoms with Crippen LogP contribution < -0.4 is 0 Å². The Morgan fingerprint density at radius 3 is 0.389 bits per heavy atom. The molecule has 72 heavy (non-hydrogen) atoms. The highest BCUT2D eigenvalue weighted by atomic mass is 14.8. The molecule has 0 saturated carbocycles. The normalized spacial score (nSPS) is 13.6. The molecule has 0 saturated heterocycles. The largest absolute Gasteiger partial charge is 0.355 e. The maximum Gasteiger partial charge on any atom is 0.0659 e. The van der Waals surface area contributed by atoms with E-state index in [-0.39, 0.29) is 0 Å². The minimum Gasteiger partial charge on any atom is -0.355 e. The molecule has 0 amide bonds. The zero-order valence-electron chi connectivity index (χ0n) is 38.3. The van der Waals surface area contributed by atoms with E-state index in [0.717, 1.165) is 136 Å². The maximum atomic E-state index is 4.83. The highest BCUT2D eigenvalue weighted by molar-refractivity contribution is 5.82. The van der Waals surface area contributed by atoms with Crippen molar-refractivity contribution in [2.45, 2.75) is 0 Å². The summed E-state index contributed by atoms with van der Waals surface area (Å²) in [7, 11) is 0. The van der Waals surface area contributed by atoms with Crippen molar-refractivity contribution in [3.8, 4) is 0 Å². The Hall–Kier alpha value is -10.2. The first-order valence-electron chi connectivity index (χ1n) is 23.3. The van der Waals surface area contributed by atoms with E-state index in [1.54, 1.807) is 0 Å². The molecule has 3 aromatic heterocycles. The van der Waals surface area contributed by atoms with Gasteiger partial charge in [0.1, 0.15) is 0 Å². The van der Waals surface area contributed by atoms with Crippen molar-refractivity contribution in [2.75, 3.05) is 0 Å². The number of rotatable bonds is 0. The first-order valence-corrected chi connectivity index (χ1v) is 23.3. The van der Waals surface area contributed by atoms with Crippen LogP contribution in [0.15, 0.2) is 97.1 Å². The summed E-state index contributed by atoms with van der Waals surface area (Å²) in [5.41, 5.74) is 20.3. The highest BCUT2D eigenvalue weighted by Gasteiger charge is 2.09. The van der Waals surface area contributed by atoms with Crippen molar-refractivity contribution in [3.05, 3.63) is 211 Å². The van der Waals surface area contributed by atoms with Gasteiger partial charge >= 0.3 is 0 Å². The van der Waals surface area contributed by atoms with Crippen molar-refractivity contribution < 1.29 is 0 Å². The van der Waals surface area contributed by atoms with Gasteiger partial charge in [-0.05, 0) is 219 Å². The van der Waals surface area contributed by atoms with Gasteiger partial charge in [0.2, 0.25) is 0 Å². The Balaban J connectivity index is 0.841. The van der Waals surface area contributed by atoms with Crippen molar-refractivity contribution in [1.29, 1.82) is 0 Å². The summed E-state index contributed by atoms with van der Waals surface area (Å²) in [4.78, 5) is 55.0. The summed E-state index contributed by atoms with van der Waals surface area (Å²) in [6.07, 6.45) is 39.7. The minimum atomic E-state index is 0.815. The number of nitrogens with zero attached hydrogens (tertiary/aromatic N) is 10. The molecule has 0 radical (unpaired) electrons. The van der Waals surface area contributed by atoms with E-state index in [1.165, 1.54) is 0 Å². The number of aromatic amines is 2. The van der Waals surface area contributed by atoms with E-state index >= 15 is 0 Å². The lowest BCUT2D eigenvalue weighted by atomic mass is 10.3. The minimum absolute atomic E-state index is 0.815. The van der Waals surface area contributed by atoms with E-state index in [4.69, 9.17) is 49.8 Å². The first kappa shape index (κ1) is 41.9. The van der Waals surface area contributed by atoms with E-state index < -0.39 is 0 Å². The Bertz CT molecular complexity index is 3850. The molecule has 0 aliphatic carbocycles. The second kappa shape index (κ2) is 18.0. The number of hydrogen-bond acceptors (Lipinski definition) is 10. The SMILES string of the molecule is C1=Cc2cc3nc(cc4nc(cc5nc(cc6nc(cc7ccc(cc8nc(cc9ccc(cc%10nc(cc%11nc(cc%12nc(cc%13nc(cc1n2)C=C%13)C=C%12)C=C%11)C=C%10)[nH]9)C=C8)[nH]7)C=C6)C=C5)C=C4)C=C3. The van der Waals surface area contributed by atoms with Crippen LogP contribution in [0, 0.1) is 0 Å².